The lowest BCUT2D eigenvalue weighted by molar-refractivity contribution is 0.271. The molecule has 2 aromatic heterocycles. The van der Waals surface area contributed by atoms with Gasteiger partial charge in [-0.3, -0.25) is 0 Å². The van der Waals surface area contributed by atoms with E-state index >= 15 is 0 Å². The van der Waals surface area contributed by atoms with Crippen LogP contribution in [0.25, 0.3) is 11.3 Å². The van der Waals surface area contributed by atoms with Crippen molar-refractivity contribution in [3.8, 4) is 11.3 Å². The molecular formula is C15H14ClN3O2S. The maximum atomic E-state index is 9.16. The average molecular weight is 336 g/mol. The summed E-state index contributed by atoms with van der Waals surface area (Å²) in [5, 5.41) is 14.8. The van der Waals surface area contributed by atoms with Gasteiger partial charge in [0.1, 0.15) is 11.5 Å². The molecule has 22 heavy (non-hydrogen) atoms. The van der Waals surface area contributed by atoms with Crippen LogP contribution in [0.2, 0.25) is 5.02 Å². The van der Waals surface area contributed by atoms with Crippen molar-refractivity contribution < 1.29 is 9.63 Å². The Morgan fingerprint density at radius 2 is 2.09 bits per heavy atom. The SMILES string of the molecule is Cn1c(CO)cnc1SCc1cc(-c2ccc(Cl)cc2)no1. The number of benzene rings is 1. The van der Waals surface area contributed by atoms with E-state index in [1.54, 1.807) is 6.20 Å². The summed E-state index contributed by atoms with van der Waals surface area (Å²) < 4.78 is 7.22. The topological polar surface area (TPSA) is 64.1 Å². The Morgan fingerprint density at radius 3 is 2.77 bits per heavy atom. The van der Waals surface area contributed by atoms with Gasteiger partial charge in [-0.15, -0.1) is 0 Å². The summed E-state index contributed by atoms with van der Waals surface area (Å²) in [6, 6.07) is 9.37. The minimum Gasteiger partial charge on any atom is -0.390 e. The number of rotatable bonds is 5. The molecule has 0 aliphatic carbocycles. The van der Waals surface area contributed by atoms with E-state index in [0.29, 0.717) is 10.8 Å². The highest BCUT2D eigenvalue weighted by atomic mass is 35.5. The van der Waals surface area contributed by atoms with Crippen LogP contribution < -0.4 is 0 Å². The number of aromatic nitrogens is 3. The van der Waals surface area contributed by atoms with Gasteiger partial charge in [-0.05, 0) is 12.1 Å². The molecule has 1 aromatic carbocycles. The molecule has 0 atom stereocenters. The van der Waals surface area contributed by atoms with Crippen LogP contribution >= 0.6 is 23.4 Å². The van der Waals surface area contributed by atoms with Crippen molar-refractivity contribution in [1.82, 2.24) is 14.7 Å². The number of hydrogen-bond acceptors (Lipinski definition) is 5. The predicted molar refractivity (Wildman–Crippen MR) is 85.6 cm³/mol. The fourth-order valence-electron chi connectivity index (χ4n) is 1.98. The van der Waals surface area contributed by atoms with E-state index < -0.39 is 0 Å². The van der Waals surface area contributed by atoms with Crippen molar-refractivity contribution in [1.29, 1.82) is 0 Å². The summed E-state index contributed by atoms with van der Waals surface area (Å²) in [7, 11) is 1.88. The van der Waals surface area contributed by atoms with Gasteiger partial charge in [-0.2, -0.15) is 0 Å². The molecule has 7 heteroatoms. The molecule has 0 aliphatic heterocycles. The molecule has 0 spiro atoms. The number of imidazole rings is 1. The van der Waals surface area contributed by atoms with Crippen LogP contribution in [0.1, 0.15) is 11.5 Å². The smallest absolute Gasteiger partial charge is 0.168 e. The summed E-state index contributed by atoms with van der Waals surface area (Å²) in [6.07, 6.45) is 1.67. The van der Waals surface area contributed by atoms with Crippen LogP contribution in [0, 0.1) is 0 Å². The highest BCUT2D eigenvalue weighted by Crippen LogP contribution is 2.26. The highest BCUT2D eigenvalue weighted by molar-refractivity contribution is 7.98. The molecule has 0 unspecified atom stereocenters. The van der Waals surface area contributed by atoms with Gasteiger partial charge in [-0.25, -0.2) is 4.98 Å². The third-order valence-electron chi connectivity index (χ3n) is 3.25. The van der Waals surface area contributed by atoms with Crippen LogP contribution in [0.4, 0.5) is 0 Å². The normalized spacial score (nSPS) is 11.0. The van der Waals surface area contributed by atoms with E-state index in [9.17, 15) is 0 Å². The van der Waals surface area contributed by atoms with E-state index in [0.717, 1.165) is 27.9 Å². The van der Waals surface area contributed by atoms with E-state index in [1.807, 2.05) is 41.9 Å². The zero-order chi connectivity index (χ0) is 15.5. The van der Waals surface area contributed by atoms with Crippen LogP contribution in [0.3, 0.4) is 0 Å². The first kappa shape index (κ1) is 15.1. The summed E-state index contributed by atoms with van der Waals surface area (Å²) in [5.41, 5.74) is 2.52. The van der Waals surface area contributed by atoms with E-state index in [1.165, 1.54) is 11.8 Å². The van der Waals surface area contributed by atoms with E-state index in [2.05, 4.69) is 10.1 Å². The van der Waals surface area contributed by atoms with Gasteiger partial charge >= 0.3 is 0 Å². The molecule has 114 valence electrons. The quantitative estimate of drug-likeness (QED) is 0.723. The van der Waals surface area contributed by atoms with Gasteiger partial charge in [0, 0.05) is 23.7 Å². The molecule has 1 N–H and O–H groups in total. The molecule has 0 fully saturated rings. The van der Waals surface area contributed by atoms with Gasteiger partial charge in [0.25, 0.3) is 0 Å². The summed E-state index contributed by atoms with van der Waals surface area (Å²) in [5.74, 6) is 1.39. The molecular weight excluding hydrogens is 322 g/mol. The lowest BCUT2D eigenvalue weighted by Crippen LogP contribution is -1.97. The third kappa shape index (κ3) is 3.19. The highest BCUT2D eigenvalue weighted by Gasteiger charge is 2.10. The van der Waals surface area contributed by atoms with Gasteiger partial charge in [0.2, 0.25) is 0 Å². The van der Waals surface area contributed by atoms with Crippen LogP contribution in [0.15, 0.2) is 46.2 Å². The maximum Gasteiger partial charge on any atom is 0.168 e. The van der Waals surface area contributed by atoms with Gasteiger partial charge < -0.3 is 14.2 Å². The van der Waals surface area contributed by atoms with Gasteiger partial charge in [-0.1, -0.05) is 40.7 Å². The summed E-state index contributed by atoms with van der Waals surface area (Å²) >= 11 is 7.41. The molecule has 0 amide bonds. The second kappa shape index (κ2) is 6.56. The zero-order valence-electron chi connectivity index (χ0n) is 11.9. The Bertz CT molecular complexity index is 767. The van der Waals surface area contributed by atoms with Crippen LogP contribution in [-0.4, -0.2) is 19.8 Å². The van der Waals surface area contributed by atoms with Gasteiger partial charge in [0.15, 0.2) is 5.16 Å². The zero-order valence-corrected chi connectivity index (χ0v) is 13.4. The Balaban J connectivity index is 1.69. The van der Waals surface area contributed by atoms with Crippen molar-refractivity contribution in [3.63, 3.8) is 0 Å². The number of thioether (sulfide) groups is 1. The third-order valence-corrected chi connectivity index (χ3v) is 4.56. The van der Waals surface area contributed by atoms with E-state index in [-0.39, 0.29) is 6.61 Å². The fraction of sp³-hybridized carbons (Fsp3) is 0.200. The summed E-state index contributed by atoms with van der Waals surface area (Å²) in [6.45, 7) is -0.0208. The van der Waals surface area contributed by atoms with E-state index in [4.69, 9.17) is 21.2 Å². The Morgan fingerprint density at radius 1 is 1.32 bits per heavy atom. The van der Waals surface area contributed by atoms with Gasteiger partial charge in [0.05, 0.1) is 24.3 Å². The van der Waals surface area contributed by atoms with Crippen LogP contribution in [0.5, 0.6) is 0 Å². The molecule has 0 saturated carbocycles. The first-order valence-electron chi connectivity index (χ1n) is 6.63. The molecule has 0 saturated heterocycles. The number of halogens is 1. The number of aliphatic hydroxyl groups is 1. The molecule has 5 nitrogen and oxygen atoms in total. The second-order valence-corrected chi connectivity index (χ2v) is 6.10. The van der Waals surface area contributed by atoms with Crippen molar-refractivity contribution in [2.75, 3.05) is 0 Å². The average Bonchev–Trinajstić information content (AvgIpc) is 3.13. The molecule has 0 radical (unpaired) electrons. The lowest BCUT2D eigenvalue weighted by atomic mass is 10.1. The monoisotopic (exact) mass is 335 g/mol. The van der Waals surface area contributed by atoms with Crippen molar-refractivity contribution in [2.24, 2.45) is 7.05 Å². The number of aliphatic hydroxyl groups excluding tert-OH is 1. The minimum atomic E-state index is -0.0208. The number of hydrogen-bond donors (Lipinski definition) is 1. The first-order valence-corrected chi connectivity index (χ1v) is 7.99. The van der Waals surface area contributed by atoms with Crippen molar-refractivity contribution >= 4 is 23.4 Å². The largest absolute Gasteiger partial charge is 0.390 e. The van der Waals surface area contributed by atoms with Crippen molar-refractivity contribution in [2.45, 2.75) is 17.5 Å². The maximum absolute atomic E-state index is 9.16. The number of nitrogens with zero attached hydrogens (tertiary/aromatic N) is 3. The Hall–Kier alpha value is -1.76. The molecule has 3 aromatic rings. The first-order chi connectivity index (χ1) is 10.7. The van der Waals surface area contributed by atoms with Crippen LogP contribution in [-0.2, 0) is 19.4 Å². The summed E-state index contributed by atoms with van der Waals surface area (Å²) in [4.78, 5) is 4.27. The molecule has 2 heterocycles. The standard InChI is InChI=1S/C15H14ClN3O2S/c1-19-12(8-20)7-17-15(19)22-9-13-6-14(18-21-13)10-2-4-11(16)5-3-10/h2-7,20H,8-9H2,1H3. The predicted octanol–water partition coefficient (Wildman–Crippen LogP) is 3.51. The molecule has 0 bridgehead atoms. The second-order valence-electron chi connectivity index (χ2n) is 4.72. The Labute approximate surface area is 136 Å². The fourth-order valence-corrected chi connectivity index (χ4v) is 2.95. The lowest BCUT2D eigenvalue weighted by Gasteiger charge is -2.01. The van der Waals surface area contributed by atoms with Crippen molar-refractivity contribution in [3.05, 3.63) is 53.0 Å². The molecule has 3 rings (SSSR count). The minimum absolute atomic E-state index is 0.0208. The molecule has 0 aliphatic rings. The Kier molecular flexibility index (Phi) is 4.52.